The molecule has 0 saturated carbocycles. The monoisotopic (exact) mass is 181 g/mol. The van der Waals surface area contributed by atoms with Gasteiger partial charge in [0.05, 0.1) is 5.88 Å². The standard InChI is InChI=1S/C10H12ClN/c1-8-5-3-4-6-10(8)12-9(2)7-11/h3-6,12H,2,7H2,1H3. The lowest BCUT2D eigenvalue weighted by Gasteiger charge is -2.08. The molecule has 2 heteroatoms. The van der Waals surface area contributed by atoms with Gasteiger partial charge in [-0.05, 0) is 18.6 Å². The lowest BCUT2D eigenvalue weighted by Crippen LogP contribution is -2.00. The zero-order chi connectivity index (χ0) is 8.97. The number of benzene rings is 1. The van der Waals surface area contributed by atoms with Crippen LogP contribution < -0.4 is 5.32 Å². The Balaban J connectivity index is 2.75. The molecule has 0 aromatic heterocycles. The van der Waals surface area contributed by atoms with Crippen molar-refractivity contribution in [3.05, 3.63) is 42.1 Å². The fraction of sp³-hybridized carbons (Fsp3) is 0.200. The van der Waals surface area contributed by atoms with Crippen LogP contribution in [0, 0.1) is 6.92 Å². The highest BCUT2D eigenvalue weighted by Crippen LogP contribution is 2.15. The van der Waals surface area contributed by atoms with E-state index in [-0.39, 0.29) is 0 Å². The van der Waals surface area contributed by atoms with Crippen LogP contribution >= 0.6 is 11.6 Å². The van der Waals surface area contributed by atoms with Gasteiger partial charge in [-0.1, -0.05) is 24.8 Å². The summed E-state index contributed by atoms with van der Waals surface area (Å²) in [6.45, 7) is 5.81. The maximum Gasteiger partial charge on any atom is 0.0619 e. The fourth-order valence-corrected chi connectivity index (χ4v) is 1.00. The van der Waals surface area contributed by atoms with Crippen molar-refractivity contribution < 1.29 is 0 Å². The molecule has 0 aliphatic carbocycles. The first-order valence-electron chi connectivity index (χ1n) is 3.80. The third-order valence-corrected chi connectivity index (χ3v) is 1.94. The molecule has 0 bridgehead atoms. The van der Waals surface area contributed by atoms with Crippen LogP contribution in [0.1, 0.15) is 5.56 Å². The van der Waals surface area contributed by atoms with E-state index in [1.54, 1.807) is 0 Å². The minimum absolute atomic E-state index is 0.439. The molecule has 64 valence electrons. The number of rotatable bonds is 3. The van der Waals surface area contributed by atoms with Crippen molar-refractivity contribution in [2.75, 3.05) is 11.2 Å². The molecule has 0 amide bonds. The Kier molecular flexibility index (Phi) is 3.18. The number of halogens is 1. The molecular weight excluding hydrogens is 170 g/mol. The van der Waals surface area contributed by atoms with Crippen molar-refractivity contribution in [2.45, 2.75) is 6.92 Å². The molecule has 1 nitrogen and oxygen atoms in total. The van der Waals surface area contributed by atoms with E-state index < -0.39 is 0 Å². The van der Waals surface area contributed by atoms with Crippen molar-refractivity contribution in [2.24, 2.45) is 0 Å². The van der Waals surface area contributed by atoms with Gasteiger partial charge in [-0.15, -0.1) is 11.6 Å². The van der Waals surface area contributed by atoms with Crippen molar-refractivity contribution in [1.82, 2.24) is 0 Å². The van der Waals surface area contributed by atoms with Crippen molar-refractivity contribution >= 4 is 17.3 Å². The molecule has 12 heavy (non-hydrogen) atoms. The molecule has 1 aromatic rings. The first kappa shape index (κ1) is 9.14. The van der Waals surface area contributed by atoms with E-state index >= 15 is 0 Å². The van der Waals surface area contributed by atoms with Crippen LogP contribution in [-0.4, -0.2) is 5.88 Å². The summed E-state index contributed by atoms with van der Waals surface area (Å²) in [6, 6.07) is 8.04. The first-order chi connectivity index (χ1) is 5.74. The summed E-state index contributed by atoms with van der Waals surface area (Å²) in [5, 5.41) is 3.13. The first-order valence-corrected chi connectivity index (χ1v) is 4.34. The van der Waals surface area contributed by atoms with Gasteiger partial charge in [0.2, 0.25) is 0 Å². The summed E-state index contributed by atoms with van der Waals surface area (Å²) in [7, 11) is 0. The Bertz CT molecular complexity index is 281. The minimum atomic E-state index is 0.439. The largest absolute Gasteiger partial charge is 0.358 e. The van der Waals surface area contributed by atoms with Gasteiger partial charge in [-0.3, -0.25) is 0 Å². The Morgan fingerprint density at radius 1 is 1.50 bits per heavy atom. The maximum absolute atomic E-state index is 5.59. The predicted molar refractivity (Wildman–Crippen MR) is 54.7 cm³/mol. The van der Waals surface area contributed by atoms with Crippen molar-refractivity contribution in [3.8, 4) is 0 Å². The van der Waals surface area contributed by atoms with Crippen LogP contribution in [-0.2, 0) is 0 Å². The molecule has 0 radical (unpaired) electrons. The number of nitrogens with one attached hydrogen (secondary N) is 1. The van der Waals surface area contributed by atoms with Crippen molar-refractivity contribution in [1.29, 1.82) is 0 Å². The van der Waals surface area contributed by atoms with E-state index in [2.05, 4.69) is 11.9 Å². The summed E-state index contributed by atoms with van der Waals surface area (Å²) >= 11 is 5.59. The predicted octanol–water partition coefficient (Wildman–Crippen LogP) is 3.16. The van der Waals surface area contributed by atoms with E-state index in [1.165, 1.54) is 5.56 Å². The molecule has 0 aliphatic rings. The van der Waals surface area contributed by atoms with E-state index in [4.69, 9.17) is 11.6 Å². The van der Waals surface area contributed by atoms with Crippen molar-refractivity contribution in [3.63, 3.8) is 0 Å². The average molecular weight is 182 g/mol. The van der Waals surface area contributed by atoms with Gasteiger partial charge in [0.25, 0.3) is 0 Å². The second kappa shape index (κ2) is 4.17. The molecule has 1 N–H and O–H groups in total. The Hall–Kier alpha value is -0.950. The summed E-state index contributed by atoms with van der Waals surface area (Å²) in [5.74, 6) is 0.439. The summed E-state index contributed by atoms with van der Waals surface area (Å²) < 4.78 is 0. The van der Waals surface area contributed by atoms with Gasteiger partial charge in [-0.25, -0.2) is 0 Å². The zero-order valence-corrected chi connectivity index (χ0v) is 7.86. The summed E-state index contributed by atoms with van der Waals surface area (Å²) in [6.07, 6.45) is 0. The van der Waals surface area contributed by atoms with Gasteiger partial charge in [0, 0.05) is 11.4 Å². The highest BCUT2D eigenvalue weighted by molar-refractivity contribution is 6.19. The Morgan fingerprint density at radius 3 is 2.75 bits per heavy atom. The van der Waals surface area contributed by atoms with Gasteiger partial charge in [0.15, 0.2) is 0 Å². The molecule has 0 aliphatic heterocycles. The number of alkyl halides is 1. The van der Waals surface area contributed by atoms with Gasteiger partial charge in [-0.2, -0.15) is 0 Å². The molecule has 0 atom stereocenters. The SMILES string of the molecule is C=C(CCl)Nc1ccccc1C. The van der Waals surface area contributed by atoms with E-state index in [0.29, 0.717) is 5.88 Å². The number of hydrogen-bond donors (Lipinski definition) is 1. The maximum atomic E-state index is 5.59. The van der Waals surface area contributed by atoms with Crippen LogP contribution in [0.4, 0.5) is 5.69 Å². The van der Waals surface area contributed by atoms with Crippen LogP contribution in [0.15, 0.2) is 36.5 Å². The van der Waals surface area contributed by atoms with Gasteiger partial charge in [0.1, 0.15) is 0 Å². The van der Waals surface area contributed by atoms with Crippen LogP contribution in [0.2, 0.25) is 0 Å². The molecular formula is C10H12ClN. The molecule has 0 unspecified atom stereocenters. The fourth-order valence-electron chi connectivity index (χ4n) is 0.937. The lowest BCUT2D eigenvalue weighted by molar-refractivity contribution is 1.36. The van der Waals surface area contributed by atoms with Crippen LogP contribution in [0.3, 0.4) is 0 Å². The van der Waals surface area contributed by atoms with E-state index in [1.807, 2.05) is 31.2 Å². The van der Waals surface area contributed by atoms with Gasteiger partial charge >= 0.3 is 0 Å². The zero-order valence-electron chi connectivity index (χ0n) is 7.10. The Labute approximate surface area is 78.1 Å². The number of anilines is 1. The number of aryl methyl sites for hydroxylation is 1. The highest BCUT2D eigenvalue weighted by Gasteiger charge is 1.96. The lowest BCUT2D eigenvalue weighted by atomic mass is 10.2. The third kappa shape index (κ3) is 2.28. The third-order valence-electron chi connectivity index (χ3n) is 1.62. The normalized spacial score (nSPS) is 9.50. The van der Waals surface area contributed by atoms with E-state index in [0.717, 1.165) is 11.4 Å². The molecule has 0 saturated heterocycles. The second-order valence-corrected chi connectivity index (χ2v) is 2.94. The quantitative estimate of drug-likeness (QED) is 0.707. The van der Waals surface area contributed by atoms with Gasteiger partial charge < -0.3 is 5.32 Å². The summed E-state index contributed by atoms with van der Waals surface area (Å²) in [5.41, 5.74) is 3.10. The smallest absolute Gasteiger partial charge is 0.0619 e. The van der Waals surface area contributed by atoms with Crippen LogP contribution in [0.25, 0.3) is 0 Å². The average Bonchev–Trinajstić information content (AvgIpc) is 2.09. The molecule has 0 fully saturated rings. The van der Waals surface area contributed by atoms with E-state index in [9.17, 15) is 0 Å². The summed E-state index contributed by atoms with van der Waals surface area (Å²) in [4.78, 5) is 0. The number of hydrogen-bond acceptors (Lipinski definition) is 1. The topological polar surface area (TPSA) is 12.0 Å². The highest BCUT2D eigenvalue weighted by atomic mass is 35.5. The minimum Gasteiger partial charge on any atom is -0.358 e. The molecule has 1 aromatic carbocycles. The Morgan fingerprint density at radius 2 is 2.17 bits per heavy atom. The molecule has 1 rings (SSSR count). The number of para-hydroxylation sites is 1. The van der Waals surface area contributed by atoms with Crippen LogP contribution in [0.5, 0.6) is 0 Å². The molecule has 0 spiro atoms. The molecule has 0 heterocycles. The number of allylic oxidation sites excluding steroid dienone is 1. The second-order valence-electron chi connectivity index (χ2n) is 2.68.